The summed E-state index contributed by atoms with van der Waals surface area (Å²) in [6.45, 7) is 0. The molecule has 0 spiro atoms. The predicted octanol–water partition coefficient (Wildman–Crippen LogP) is 4.00. The molecule has 7 heteroatoms. The second kappa shape index (κ2) is 8.49. The number of rotatable bonds is 6. The largest absolute Gasteiger partial charge is 0.497 e. The first-order valence-electron chi connectivity index (χ1n) is 7.69. The van der Waals surface area contributed by atoms with E-state index in [9.17, 15) is 0 Å². The van der Waals surface area contributed by atoms with E-state index in [1.165, 1.54) is 0 Å². The third-order valence-electron chi connectivity index (χ3n) is 3.95. The van der Waals surface area contributed by atoms with Gasteiger partial charge in [-0.2, -0.15) is 0 Å². The molecule has 0 amide bonds. The van der Waals surface area contributed by atoms with Crippen LogP contribution in [0.25, 0.3) is 16.9 Å². The van der Waals surface area contributed by atoms with Crippen LogP contribution in [0.2, 0.25) is 0 Å². The lowest BCUT2D eigenvalue weighted by Crippen LogP contribution is -2.00. The molecule has 0 aliphatic heterocycles. The van der Waals surface area contributed by atoms with Gasteiger partial charge in [0.15, 0.2) is 11.5 Å². The molecule has 26 heavy (non-hydrogen) atoms. The second-order valence-electron chi connectivity index (χ2n) is 5.26. The van der Waals surface area contributed by atoms with E-state index >= 15 is 0 Å². The standard InChI is InChI=1S/C19H20N2O4.ClH/c1-22-15-7-5-13(6-8-15)16-11-20-12-21(16)14-9-17(23-2)19(25-4)18(10-14)24-3;/h5-12H,1-4H3;1H. The van der Waals surface area contributed by atoms with Crippen molar-refractivity contribution in [1.82, 2.24) is 9.55 Å². The third-order valence-corrected chi connectivity index (χ3v) is 3.95. The van der Waals surface area contributed by atoms with Crippen LogP contribution >= 0.6 is 12.4 Å². The van der Waals surface area contributed by atoms with Gasteiger partial charge in [-0.3, -0.25) is 4.57 Å². The number of hydrogen-bond donors (Lipinski definition) is 0. The number of hydrogen-bond acceptors (Lipinski definition) is 5. The maximum Gasteiger partial charge on any atom is 0.203 e. The van der Waals surface area contributed by atoms with E-state index in [0.717, 1.165) is 22.7 Å². The highest BCUT2D eigenvalue weighted by Crippen LogP contribution is 2.40. The van der Waals surface area contributed by atoms with Gasteiger partial charge in [-0.05, 0) is 24.3 Å². The first kappa shape index (κ1) is 19.5. The van der Waals surface area contributed by atoms with Crippen molar-refractivity contribution in [2.24, 2.45) is 0 Å². The fourth-order valence-corrected chi connectivity index (χ4v) is 2.68. The number of methoxy groups -OCH3 is 4. The molecule has 0 aliphatic carbocycles. The summed E-state index contributed by atoms with van der Waals surface area (Å²) in [4.78, 5) is 4.29. The first-order valence-corrected chi connectivity index (χ1v) is 7.69. The van der Waals surface area contributed by atoms with Crippen LogP contribution in [0, 0.1) is 0 Å². The van der Waals surface area contributed by atoms with Gasteiger partial charge >= 0.3 is 0 Å². The second-order valence-corrected chi connectivity index (χ2v) is 5.26. The summed E-state index contributed by atoms with van der Waals surface area (Å²) in [5.74, 6) is 2.54. The maximum atomic E-state index is 5.44. The van der Waals surface area contributed by atoms with Gasteiger partial charge in [0.2, 0.25) is 5.75 Å². The van der Waals surface area contributed by atoms with E-state index in [-0.39, 0.29) is 12.4 Å². The molecule has 0 saturated heterocycles. The monoisotopic (exact) mass is 376 g/mol. The molecule has 138 valence electrons. The molecule has 0 saturated carbocycles. The molecule has 6 nitrogen and oxygen atoms in total. The summed E-state index contributed by atoms with van der Waals surface area (Å²) in [5.41, 5.74) is 2.82. The fraction of sp³-hybridized carbons (Fsp3) is 0.211. The summed E-state index contributed by atoms with van der Waals surface area (Å²) in [7, 11) is 6.42. The van der Waals surface area contributed by atoms with Crippen molar-refractivity contribution in [3.63, 3.8) is 0 Å². The van der Waals surface area contributed by atoms with E-state index < -0.39 is 0 Å². The van der Waals surface area contributed by atoms with E-state index in [1.54, 1.807) is 34.8 Å². The predicted molar refractivity (Wildman–Crippen MR) is 102 cm³/mol. The van der Waals surface area contributed by atoms with Gasteiger partial charge < -0.3 is 18.9 Å². The van der Waals surface area contributed by atoms with Gasteiger partial charge in [0.1, 0.15) is 5.75 Å². The van der Waals surface area contributed by atoms with Crippen LogP contribution in [0.5, 0.6) is 23.0 Å². The first-order chi connectivity index (χ1) is 12.2. The number of imidazole rings is 1. The number of halogens is 1. The summed E-state index contributed by atoms with van der Waals surface area (Å²) >= 11 is 0. The lowest BCUT2D eigenvalue weighted by Gasteiger charge is -2.16. The molecule has 2 aromatic carbocycles. The van der Waals surface area contributed by atoms with Crippen LogP contribution in [-0.4, -0.2) is 38.0 Å². The van der Waals surface area contributed by atoms with Crippen LogP contribution in [-0.2, 0) is 0 Å². The highest BCUT2D eigenvalue weighted by molar-refractivity contribution is 5.85. The number of aromatic nitrogens is 2. The molecule has 0 atom stereocenters. The molecule has 1 heterocycles. The van der Waals surface area contributed by atoms with Gasteiger partial charge in [-0.15, -0.1) is 12.4 Å². The Morgan fingerprint density at radius 3 is 1.92 bits per heavy atom. The van der Waals surface area contributed by atoms with Crippen LogP contribution in [0.3, 0.4) is 0 Å². The molecule has 0 bridgehead atoms. The zero-order valence-corrected chi connectivity index (χ0v) is 15.9. The third kappa shape index (κ3) is 3.55. The topological polar surface area (TPSA) is 54.7 Å². The number of nitrogens with zero attached hydrogens (tertiary/aromatic N) is 2. The summed E-state index contributed by atoms with van der Waals surface area (Å²) < 4.78 is 23.4. The summed E-state index contributed by atoms with van der Waals surface area (Å²) in [6, 6.07) is 11.6. The molecule has 3 aromatic rings. The number of ether oxygens (including phenoxy) is 4. The maximum absolute atomic E-state index is 5.44. The smallest absolute Gasteiger partial charge is 0.203 e. The highest BCUT2D eigenvalue weighted by Gasteiger charge is 2.16. The SMILES string of the molecule is COc1ccc(-c2cncn2-c2cc(OC)c(OC)c(OC)c2)cc1.Cl. The van der Waals surface area contributed by atoms with Gasteiger partial charge in [0.05, 0.1) is 52.3 Å². The Balaban J connectivity index is 0.00000243. The van der Waals surface area contributed by atoms with Crippen molar-refractivity contribution in [3.05, 3.63) is 48.9 Å². The molecule has 3 rings (SSSR count). The van der Waals surface area contributed by atoms with Crippen LogP contribution in [0.15, 0.2) is 48.9 Å². The molecule has 0 fully saturated rings. The van der Waals surface area contributed by atoms with Crippen molar-refractivity contribution in [3.8, 4) is 39.9 Å². The van der Waals surface area contributed by atoms with Crippen LogP contribution in [0.1, 0.15) is 0 Å². The molecule has 0 aliphatic rings. The lowest BCUT2D eigenvalue weighted by atomic mass is 10.1. The molecular formula is C19H21ClN2O4. The highest BCUT2D eigenvalue weighted by atomic mass is 35.5. The Kier molecular flexibility index (Phi) is 6.36. The Hall–Kier alpha value is -2.86. The van der Waals surface area contributed by atoms with Crippen molar-refractivity contribution < 1.29 is 18.9 Å². The van der Waals surface area contributed by atoms with Crippen molar-refractivity contribution in [2.75, 3.05) is 28.4 Å². The van der Waals surface area contributed by atoms with E-state index in [1.807, 2.05) is 47.2 Å². The lowest BCUT2D eigenvalue weighted by molar-refractivity contribution is 0.324. The average molecular weight is 377 g/mol. The minimum atomic E-state index is 0. The molecule has 0 radical (unpaired) electrons. The Morgan fingerprint density at radius 2 is 1.42 bits per heavy atom. The quantitative estimate of drug-likeness (QED) is 0.651. The molecule has 0 unspecified atom stereocenters. The molecule has 1 aromatic heterocycles. The zero-order valence-electron chi connectivity index (χ0n) is 15.1. The molecule has 0 N–H and O–H groups in total. The fourth-order valence-electron chi connectivity index (χ4n) is 2.68. The van der Waals surface area contributed by atoms with Crippen molar-refractivity contribution >= 4 is 12.4 Å². The molecular weight excluding hydrogens is 356 g/mol. The van der Waals surface area contributed by atoms with E-state index in [4.69, 9.17) is 18.9 Å². The van der Waals surface area contributed by atoms with Gasteiger partial charge in [0.25, 0.3) is 0 Å². The van der Waals surface area contributed by atoms with Gasteiger partial charge in [-0.1, -0.05) is 0 Å². The van der Waals surface area contributed by atoms with Gasteiger partial charge in [0, 0.05) is 17.7 Å². The van der Waals surface area contributed by atoms with Crippen molar-refractivity contribution in [2.45, 2.75) is 0 Å². The van der Waals surface area contributed by atoms with Crippen LogP contribution in [0.4, 0.5) is 0 Å². The summed E-state index contributed by atoms with van der Waals surface area (Å²) in [6.07, 6.45) is 3.56. The zero-order chi connectivity index (χ0) is 17.8. The normalized spacial score (nSPS) is 10.0. The average Bonchev–Trinajstić information content (AvgIpc) is 3.16. The van der Waals surface area contributed by atoms with E-state index in [0.29, 0.717) is 17.2 Å². The number of benzene rings is 2. The minimum Gasteiger partial charge on any atom is -0.497 e. The minimum absolute atomic E-state index is 0. The summed E-state index contributed by atoms with van der Waals surface area (Å²) in [5, 5.41) is 0. The Labute approximate surface area is 158 Å². The van der Waals surface area contributed by atoms with Crippen LogP contribution < -0.4 is 18.9 Å². The van der Waals surface area contributed by atoms with E-state index in [2.05, 4.69) is 4.98 Å². The Morgan fingerprint density at radius 1 is 0.808 bits per heavy atom. The van der Waals surface area contributed by atoms with Crippen molar-refractivity contribution in [1.29, 1.82) is 0 Å². The Bertz CT molecular complexity index is 837. The van der Waals surface area contributed by atoms with Gasteiger partial charge in [-0.25, -0.2) is 4.98 Å².